The molecule has 1 aromatic heterocycles. The second-order valence-corrected chi connectivity index (χ2v) is 8.09. The Morgan fingerprint density at radius 1 is 1.67 bits per heavy atom. The van der Waals surface area contributed by atoms with Crippen molar-refractivity contribution in [3.05, 3.63) is 22.3 Å². The predicted octanol–water partition coefficient (Wildman–Crippen LogP) is 1.75. The highest BCUT2D eigenvalue weighted by molar-refractivity contribution is 8.38. The van der Waals surface area contributed by atoms with Crippen molar-refractivity contribution in [2.75, 3.05) is 6.26 Å². The summed E-state index contributed by atoms with van der Waals surface area (Å²) in [5.74, 6) is 0. The van der Waals surface area contributed by atoms with Crippen LogP contribution in [0.1, 0.15) is 17.8 Å². The topological polar surface area (TPSA) is 70.8 Å². The Balaban J connectivity index is 3.26. The summed E-state index contributed by atoms with van der Waals surface area (Å²) in [5, 5.41) is 0. The first kappa shape index (κ1) is 9.63. The normalized spacial score (nSPS) is 16.1. The number of hydrogen-bond donors (Lipinski definition) is 0. The minimum atomic E-state index is -3.11. The third kappa shape index (κ3) is 1.82. The fraction of sp³-hybridized carbons (Fsp3) is 0.500. The largest absolute Gasteiger partial charge is 0.667 e. The monoisotopic (exact) mass is 206 g/mol. The van der Waals surface area contributed by atoms with Crippen molar-refractivity contribution >= 4 is 18.4 Å². The molecule has 0 saturated heterocycles. The van der Waals surface area contributed by atoms with Crippen LogP contribution in [-0.4, -0.2) is 19.7 Å². The molecule has 0 saturated carbocycles. The molecular weight excluding hydrogens is 196 g/mol. The van der Waals surface area contributed by atoms with E-state index in [-0.39, 0.29) is 0 Å². The highest BCUT2D eigenvalue weighted by Crippen LogP contribution is 2.33. The molecule has 0 fully saturated rings. The molecule has 0 aliphatic carbocycles. The van der Waals surface area contributed by atoms with Crippen molar-refractivity contribution in [2.24, 2.45) is 0 Å². The zero-order valence-corrected chi connectivity index (χ0v) is 8.45. The first-order valence-corrected chi connectivity index (χ1v) is 7.00. The lowest BCUT2D eigenvalue weighted by molar-refractivity contribution is 0.615. The minimum Gasteiger partial charge on any atom is -0.667 e. The lowest BCUT2D eigenvalue weighted by Crippen LogP contribution is -1.92. The average molecular weight is 206 g/mol. The molecule has 1 aromatic rings. The van der Waals surface area contributed by atoms with Gasteiger partial charge in [-0.2, -0.15) is 8.42 Å². The lowest BCUT2D eigenvalue weighted by Gasteiger charge is -2.05. The summed E-state index contributed by atoms with van der Waals surface area (Å²) in [7, 11) is -4.06. The highest BCUT2D eigenvalue weighted by atomic mass is 33.2. The van der Waals surface area contributed by atoms with Crippen LogP contribution in [-0.2, 0) is 8.87 Å². The van der Waals surface area contributed by atoms with Crippen molar-refractivity contribution in [3.8, 4) is 0 Å². The van der Waals surface area contributed by atoms with Crippen molar-refractivity contribution in [1.82, 2.24) is 4.98 Å². The lowest BCUT2D eigenvalue weighted by atomic mass is 10.3. The summed E-state index contributed by atoms with van der Waals surface area (Å²) in [6.45, 7) is 1.64. The summed E-state index contributed by atoms with van der Waals surface area (Å²) in [5.41, 5.74) is 8.78. The second kappa shape index (κ2) is 3.12. The van der Waals surface area contributed by atoms with E-state index in [0.29, 0.717) is 4.88 Å². The van der Waals surface area contributed by atoms with Crippen LogP contribution in [0.3, 0.4) is 0 Å². The van der Waals surface area contributed by atoms with Gasteiger partial charge in [-0.15, -0.1) is 0 Å². The van der Waals surface area contributed by atoms with Gasteiger partial charge in [-0.05, 0) is 0 Å². The molecule has 1 rings (SSSR count). The minimum absolute atomic E-state index is 0.495. The van der Waals surface area contributed by atoms with E-state index in [1.807, 2.05) is 0 Å². The van der Waals surface area contributed by atoms with Crippen molar-refractivity contribution in [2.45, 2.75) is 13.0 Å². The number of aromatic nitrogens is 1. The van der Waals surface area contributed by atoms with Crippen molar-refractivity contribution in [3.63, 3.8) is 0 Å². The molecule has 0 aromatic carbocycles. The van der Waals surface area contributed by atoms with Gasteiger partial charge < -0.3 is 5.73 Å². The van der Waals surface area contributed by atoms with Gasteiger partial charge >= 0.3 is 8.87 Å². The van der Waals surface area contributed by atoms with E-state index in [1.165, 1.54) is 18.0 Å². The Labute approximate surface area is 73.7 Å². The fourth-order valence-electron chi connectivity index (χ4n) is 0.811. The van der Waals surface area contributed by atoms with Crippen LogP contribution < -0.4 is 0 Å². The number of nitrogens with zero attached hydrogens (tertiary/aromatic N) is 1. The molecule has 1 N–H and O–H groups in total. The maximum atomic E-state index is 11.1. The summed E-state index contributed by atoms with van der Waals surface area (Å²) >= 11 is 0. The Kier molecular flexibility index (Phi) is 2.50. The Hall–Kier alpha value is -0.460. The second-order valence-electron chi connectivity index (χ2n) is 2.51. The number of nitrogens with one attached hydrogen (secondary N) is 1. The SMILES string of the molecule is C[C@H]([NH-])c1cnc[s+]1S(C)(=O)=O. The van der Waals surface area contributed by atoms with Crippen LogP contribution in [0.15, 0.2) is 11.7 Å². The molecule has 12 heavy (non-hydrogen) atoms. The first-order chi connectivity index (χ1) is 5.43. The van der Waals surface area contributed by atoms with E-state index in [4.69, 9.17) is 5.73 Å². The van der Waals surface area contributed by atoms with Gasteiger partial charge in [-0.25, -0.2) is 4.98 Å². The smallest absolute Gasteiger partial charge is 0.336 e. The van der Waals surface area contributed by atoms with E-state index in [9.17, 15) is 8.42 Å². The summed E-state index contributed by atoms with van der Waals surface area (Å²) in [6, 6.07) is -0.495. The Bertz CT molecular complexity index is 367. The third-order valence-electron chi connectivity index (χ3n) is 1.34. The summed E-state index contributed by atoms with van der Waals surface area (Å²) < 4.78 is 22.3. The van der Waals surface area contributed by atoms with Crippen molar-refractivity contribution in [1.29, 1.82) is 0 Å². The summed E-state index contributed by atoms with van der Waals surface area (Å²) in [6.07, 6.45) is 2.64. The standard InChI is InChI=1S/C6H10N2O2S2/c1-5(7)6-3-8-4-11(6)12(2,9)10/h3-5,7H,1-2H3/t5-,11?/m0/s1. The van der Waals surface area contributed by atoms with Gasteiger partial charge in [0, 0.05) is 0 Å². The number of thiazole rings is 1. The van der Waals surface area contributed by atoms with E-state index >= 15 is 0 Å². The van der Waals surface area contributed by atoms with Gasteiger partial charge in [-0.1, -0.05) is 13.0 Å². The quantitative estimate of drug-likeness (QED) is 0.546. The summed E-state index contributed by atoms with van der Waals surface area (Å²) in [4.78, 5) is 4.34. The molecule has 0 aliphatic heterocycles. The highest BCUT2D eigenvalue weighted by Gasteiger charge is 2.24. The zero-order chi connectivity index (χ0) is 9.35. The van der Waals surface area contributed by atoms with Gasteiger partial charge in [-0.3, -0.25) is 0 Å². The molecule has 6 heteroatoms. The number of hydrogen-bond acceptors (Lipinski definition) is 3. The molecular formula is C6H10N2O2S2. The molecule has 4 nitrogen and oxygen atoms in total. The average Bonchev–Trinajstić information content (AvgIpc) is 2.30. The van der Waals surface area contributed by atoms with Gasteiger partial charge in [0.25, 0.3) is 0 Å². The van der Waals surface area contributed by atoms with E-state index in [1.54, 1.807) is 6.92 Å². The molecule has 68 valence electrons. The maximum absolute atomic E-state index is 11.1. The number of rotatable bonds is 2. The van der Waals surface area contributed by atoms with Gasteiger partial charge in [0.15, 0.2) is 4.88 Å². The van der Waals surface area contributed by atoms with Crippen LogP contribution in [0, 0.1) is 0 Å². The van der Waals surface area contributed by atoms with Crippen LogP contribution in [0.4, 0.5) is 0 Å². The molecule has 0 bridgehead atoms. The Morgan fingerprint density at radius 2 is 2.25 bits per heavy atom. The van der Waals surface area contributed by atoms with Gasteiger partial charge in [0.1, 0.15) is 9.50 Å². The van der Waals surface area contributed by atoms with E-state index in [2.05, 4.69) is 4.98 Å². The third-order valence-corrected chi connectivity index (χ3v) is 6.03. The van der Waals surface area contributed by atoms with Crippen LogP contribution in [0.5, 0.6) is 0 Å². The van der Waals surface area contributed by atoms with Crippen molar-refractivity contribution < 1.29 is 8.42 Å². The fourth-order valence-corrected chi connectivity index (χ4v) is 4.35. The zero-order valence-electron chi connectivity index (χ0n) is 6.81. The molecule has 1 unspecified atom stereocenters. The molecule has 0 spiro atoms. The molecule has 1 heterocycles. The van der Waals surface area contributed by atoms with Crippen LogP contribution in [0.25, 0.3) is 5.73 Å². The van der Waals surface area contributed by atoms with Gasteiger partial charge in [0.05, 0.1) is 12.5 Å². The van der Waals surface area contributed by atoms with Crippen LogP contribution >= 0.6 is 9.50 Å². The molecule has 0 aliphatic rings. The predicted molar refractivity (Wildman–Crippen MR) is 49.7 cm³/mol. The molecule has 0 amide bonds. The van der Waals surface area contributed by atoms with E-state index in [0.717, 1.165) is 0 Å². The maximum Gasteiger partial charge on any atom is 0.336 e. The van der Waals surface area contributed by atoms with Crippen LogP contribution in [0.2, 0.25) is 0 Å². The Morgan fingerprint density at radius 3 is 2.58 bits per heavy atom. The first-order valence-electron chi connectivity index (χ1n) is 3.31. The van der Waals surface area contributed by atoms with E-state index < -0.39 is 24.4 Å². The molecule has 0 radical (unpaired) electrons. The van der Waals surface area contributed by atoms with Gasteiger partial charge in [0.2, 0.25) is 5.51 Å². The molecule has 2 atom stereocenters.